The topological polar surface area (TPSA) is 159 Å². The first kappa shape index (κ1) is 25.0. The van der Waals surface area contributed by atoms with E-state index in [1.54, 1.807) is 11.1 Å². The van der Waals surface area contributed by atoms with Crippen LogP contribution < -0.4 is 5.32 Å². The standard InChI is InChI=1S/C12H23N2O11P3S/c1-20-27(18,21-2)25-28(19,22-3)24-26(16,17)23-9-10-5-6-11(29-10)14-8-4-7-13-12(14)15/h4,8,10-11H,5-7,9H2,1-3H3,(H,13,15)(H,16,17). The van der Waals surface area contributed by atoms with Crippen molar-refractivity contribution >= 4 is 41.3 Å². The van der Waals surface area contributed by atoms with E-state index in [1.165, 1.54) is 11.8 Å². The Hall–Kier alpha value is -0.230. The zero-order chi connectivity index (χ0) is 21.7. The lowest BCUT2D eigenvalue weighted by molar-refractivity contribution is 0.149. The maximum atomic E-state index is 12.3. The smallest absolute Gasteiger partial charge is 0.334 e. The quantitative estimate of drug-likeness (QED) is 0.403. The number of thioether (sulfide) groups is 1. The van der Waals surface area contributed by atoms with Crippen molar-refractivity contribution in [1.29, 1.82) is 0 Å². The van der Waals surface area contributed by atoms with Crippen molar-refractivity contribution in [3.63, 3.8) is 0 Å². The average molecular weight is 496 g/mol. The highest BCUT2D eigenvalue weighted by Gasteiger charge is 2.45. The largest absolute Gasteiger partial charge is 0.492 e. The fourth-order valence-electron chi connectivity index (χ4n) is 2.38. The van der Waals surface area contributed by atoms with Gasteiger partial charge >= 0.3 is 29.5 Å². The fourth-order valence-corrected chi connectivity index (χ4v) is 8.07. The van der Waals surface area contributed by atoms with E-state index < -0.39 is 23.5 Å². The first-order chi connectivity index (χ1) is 13.6. The molecule has 2 aliphatic rings. The summed E-state index contributed by atoms with van der Waals surface area (Å²) in [6, 6.07) is -0.221. The lowest BCUT2D eigenvalue weighted by Gasteiger charge is -2.27. The molecule has 2 amide bonds. The molecule has 0 radical (unpaired) electrons. The summed E-state index contributed by atoms with van der Waals surface area (Å²) in [7, 11) is -11.3. The predicted molar refractivity (Wildman–Crippen MR) is 103 cm³/mol. The van der Waals surface area contributed by atoms with Crippen LogP contribution in [0.5, 0.6) is 0 Å². The van der Waals surface area contributed by atoms with Crippen molar-refractivity contribution in [2.24, 2.45) is 0 Å². The average Bonchev–Trinajstić information content (AvgIpc) is 3.15. The monoisotopic (exact) mass is 496 g/mol. The molecule has 0 aromatic heterocycles. The molecule has 1 saturated heterocycles. The Morgan fingerprint density at radius 3 is 2.38 bits per heavy atom. The highest BCUT2D eigenvalue weighted by molar-refractivity contribution is 8.00. The van der Waals surface area contributed by atoms with Crippen molar-refractivity contribution in [2.45, 2.75) is 23.5 Å². The third-order valence-electron chi connectivity index (χ3n) is 3.76. The Morgan fingerprint density at radius 2 is 1.79 bits per heavy atom. The van der Waals surface area contributed by atoms with Crippen molar-refractivity contribution in [1.82, 2.24) is 10.2 Å². The molecule has 0 saturated carbocycles. The molecule has 0 spiro atoms. The highest BCUT2D eigenvalue weighted by Crippen LogP contribution is 2.71. The number of nitrogens with zero attached hydrogens (tertiary/aromatic N) is 1. The van der Waals surface area contributed by atoms with Gasteiger partial charge in [0.05, 0.1) is 12.0 Å². The van der Waals surface area contributed by atoms with Crippen LogP contribution in [-0.2, 0) is 40.4 Å². The second-order valence-electron chi connectivity index (χ2n) is 5.64. The second-order valence-corrected chi connectivity index (χ2v) is 12.5. The number of hydrogen-bond donors (Lipinski definition) is 2. The van der Waals surface area contributed by atoms with Crippen molar-refractivity contribution in [3.05, 3.63) is 12.3 Å². The summed E-state index contributed by atoms with van der Waals surface area (Å²) < 4.78 is 63.7. The third kappa shape index (κ3) is 7.15. The molecule has 0 aliphatic carbocycles. The van der Waals surface area contributed by atoms with E-state index in [-0.39, 0.29) is 23.3 Å². The number of phosphoric acid groups is 3. The minimum absolute atomic E-state index is 0.151. The van der Waals surface area contributed by atoms with Crippen LogP contribution in [0, 0.1) is 0 Å². The minimum atomic E-state index is -4.92. The normalized spacial score (nSPS) is 26.8. The number of amides is 2. The number of phosphoric ester groups is 2. The van der Waals surface area contributed by atoms with Gasteiger partial charge in [-0.1, -0.05) is 0 Å². The Morgan fingerprint density at radius 1 is 1.14 bits per heavy atom. The van der Waals surface area contributed by atoms with Gasteiger partial charge in [-0.05, 0) is 18.9 Å². The van der Waals surface area contributed by atoms with Gasteiger partial charge in [-0.15, -0.1) is 11.8 Å². The van der Waals surface area contributed by atoms with E-state index in [4.69, 9.17) is 4.52 Å². The molecule has 2 aliphatic heterocycles. The number of carbonyl (C=O) groups excluding carboxylic acids is 1. The molecule has 13 nitrogen and oxygen atoms in total. The molecule has 17 heteroatoms. The molecule has 4 unspecified atom stereocenters. The Labute approximate surface area is 172 Å². The molecule has 0 bridgehead atoms. The summed E-state index contributed by atoms with van der Waals surface area (Å²) in [5.74, 6) is 0. The Kier molecular flexibility index (Phi) is 8.97. The molecule has 4 atom stereocenters. The van der Waals surface area contributed by atoms with Gasteiger partial charge in [-0.25, -0.2) is 18.5 Å². The van der Waals surface area contributed by atoms with Crippen LogP contribution in [0.4, 0.5) is 4.79 Å². The van der Waals surface area contributed by atoms with Crippen LogP contribution in [0.2, 0.25) is 0 Å². The number of urea groups is 1. The Bertz CT molecular complexity index is 757. The third-order valence-corrected chi connectivity index (χ3v) is 10.3. The van der Waals surface area contributed by atoms with Gasteiger partial charge in [-0.2, -0.15) is 8.62 Å². The summed E-state index contributed by atoms with van der Waals surface area (Å²) in [6.07, 6.45) is 4.75. The van der Waals surface area contributed by atoms with Crippen LogP contribution in [-0.4, -0.2) is 60.9 Å². The van der Waals surface area contributed by atoms with Gasteiger partial charge < -0.3 is 10.2 Å². The molecular formula is C12H23N2O11P3S. The lowest BCUT2D eigenvalue weighted by Crippen LogP contribution is -2.43. The zero-order valence-corrected chi connectivity index (χ0v) is 19.4. The lowest BCUT2D eigenvalue weighted by atomic mass is 10.2. The summed E-state index contributed by atoms with van der Waals surface area (Å²) in [5.41, 5.74) is 0. The minimum Gasteiger partial charge on any atom is -0.334 e. The number of nitrogens with one attached hydrogen (secondary N) is 1. The van der Waals surface area contributed by atoms with Crippen LogP contribution in [0.15, 0.2) is 12.3 Å². The number of carbonyl (C=O) groups is 1. The predicted octanol–water partition coefficient (Wildman–Crippen LogP) is 3.05. The second kappa shape index (κ2) is 10.4. The highest BCUT2D eigenvalue weighted by atomic mass is 32.2. The maximum Gasteiger partial charge on any atom is 0.492 e. The van der Waals surface area contributed by atoms with Crippen molar-refractivity contribution in [2.75, 3.05) is 34.5 Å². The van der Waals surface area contributed by atoms with E-state index in [0.29, 0.717) is 19.4 Å². The first-order valence-electron chi connectivity index (χ1n) is 8.21. The van der Waals surface area contributed by atoms with E-state index in [2.05, 4.69) is 27.5 Å². The SMILES string of the molecule is COP(=O)(OC)OP(=O)(OC)OP(=O)(O)OCC1CCC(N2C=CCNC2=O)S1. The van der Waals surface area contributed by atoms with E-state index >= 15 is 0 Å². The van der Waals surface area contributed by atoms with E-state index in [9.17, 15) is 23.4 Å². The molecule has 0 aromatic carbocycles. The molecule has 29 heavy (non-hydrogen) atoms. The van der Waals surface area contributed by atoms with Crippen LogP contribution in [0.25, 0.3) is 0 Å². The molecule has 1 fully saturated rings. The van der Waals surface area contributed by atoms with Gasteiger partial charge in [0.2, 0.25) is 0 Å². The van der Waals surface area contributed by atoms with Gasteiger partial charge in [-0.3, -0.25) is 23.0 Å². The van der Waals surface area contributed by atoms with E-state index in [0.717, 1.165) is 21.3 Å². The maximum absolute atomic E-state index is 12.3. The molecular weight excluding hydrogens is 473 g/mol. The van der Waals surface area contributed by atoms with E-state index in [1.807, 2.05) is 6.08 Å². The molecule has 2 N–H and O–H groups in total. The number of rotatable bonds is 11. The van der Waals surface area contributed by atoms with Gasteiger partial charge in [0.1, 0.15) is 0 Å². The molecule has 2 heterocycles. The fraction of sp³-hybridized carbons (Fsp3) is 0.750. The first-order valence-corrected chi connectivity index (χ1v) is 13.6. The zero-order valence-electron chi connectivity index (χ0n) is 15.9. The molecule has 2 rings (SSSR count). The number of hydrogen-bond acceptors (Lipinski definition) is 11. The van der Waals surface area contributed by atoms with Crippen LogP contribution >= 0.6 is 35.2 Å². The molecule has 168 valence electrons. The summed E-state index contributed by atoms with van der Waals surface area (Å²) >= 11 is 1.39. The van der Waals surface area contributed by atoms with Crippen LogP contribution in [0.1, 0.15) is 12.8 Å². The van der Waals surface area contributed by atoms with Crippen molar-refractivity contribution in [3.8, 4) is 0 Å². The van der Waals surface area contributed by atoms with Gasteiger partial charge in [0.25, 0.3) is 0 Å². The Balaban J connectivity index is 1.90. The van der Waals surface area contributed by atoms with Gasteiger partial charge in [0.15, 0.2) is 0 Å². The summed E-state index contributed by atoms with van der Waals surface area (Å²) in [5, 5.41) is 2.32. The van der Waals surface area contributed by atoms with Crippen molar-refractivity contribution < 1.29 is 50.1 Å². The summed E-state index contributed by atoms with van der Waals surface area (Å²) in [4.78, 5) is 23.3. The summed E-state index contributed by atoms with van der Waals surface area (Å²) in [6.45, 7) is 0.231. The van der Waals surface area contributed by atoms with Gasteiger partial charge in [0, 0.05) is 39.3 Å². The molecule has 0 aromatic rings. The van der Waals surface area contributed by atoms with Crippen LogP contribution in [0.3, 0.4) is 0 Å².